The summed E-state index contributed by atoms with van der Waals surface area (Å²) in [4.78, 5) is 56.2. The summed E-state index contributed by atoms with van der Waals surface area (Å²) in [5.74, 6) is -8.39. The Hall–Kier alpha value is -3.27. The normalized spacial score (nSPS) is 29.8. The van der Waals surface area contributed by atoms with Crippen molar-refractivity contribution < 1.29 is 46.9 Å². The number of benzene rings is 1. The number of aromatic nitrogens is 1. The third-order valence-electron chi connectivity index (χ3n) is 9.55. The Bertz CT molecular complexity index is 1790. The number of phenols is 1. The first kappa shape index (κ1) is 34.6. The van der Waals surface area contributed by atoms with E-state index in [0.29, 0.717) is 16.6 Å². The van der Waals surface area contributed by atoms with Crippen LogP contribution >= 0.6 is 50.7 Å². The molecule has 3 heterocycles. The molecule has 4 amide bonds. The van der Waals surface area contributed by atoms with Crippen LogP contribution in [0.2, 0.25) is 5.02 Å². The molecule has 18 heteroatoms. The van der Waals surface area contributed by atoms with Crippen LogP contribution < -0.4 is 14.5 Å². The summed E-state index contributed by atoms with van der Waals surface area (Å²) in [5, 5.41) is 12.0. The number of ether oxygens (including phenoxy) is 2. The van der Waals surface area contributed by atoms with E-state index in [4.69, 9.17) is 44.3 Å². The molecule has 2 aliphatic carbocycles. The summed E-state index contributed by atoms with van der Waals surface area (Å²) >= 11 is 23.8. The van der Waals surface area contributed by atoms with Crippen molar-refractivity contribution in [3.05, 3.63) is 52.2 Å². The molecule has 11 nitrogen and oxygen atoms in total. The predicted molar refractivity (Wildman–Crippen MR) is 169 cm³/mol. The van der Waals surface area contributed by atoms with E-state index < -0.39 is 74.7 Å². The number of amides is 4. The Labute approximate surface area is 294 Å². The van der Waals surface area contributed by atoms with Gasteiger partial charge in [-0.2, -0.15) is 18.2 Å². The van der Waals surface area contributed by atoms with Crippen molar-refractivity contribution in [2.24, 2.45) is 17.8 Å². The fourth-order valence-electron chi connectivity index (χ4n) is 7.40. The Morgan fingerprint density at radius 2 is 1.69 bits per heavy atom. The van der Waals surface area contributed by atoms with Gasteiger partial charge in [-0.1, -0.05) is 39.2 Å². The molecular formula is C30H25BrCl3F3N4O7. The number of aromatic hydroxyl groups is 1. The summed E-state index contributed by atoms with van der Waals surface area (Å²) in [6, 6.07) is 4.46. The monoisotopic (exact) mass is 794 g/mol. The summed E-state index contributed by atoms with van der Waals surface area (Å²) in [7, 11) is 3.78. The summed E-state index contributed by atoms with van der Waals surface area (Å²) in [6.45, 7) is 0. The first-order valence-corrected chi connectivity index (χ1v) is 16.5. The molecular weight excluding hydrogens is 772 g/mol. The molecule has 0 bridgehead atoms. The second-order valence-corrected chi connectivity index (χ2v) is 13.9. The second-order valence-electron chi connectivity index (χ2n) is 11.8. The van der Waals surface area contributed by atoms with Crippen molar-refractivity contribution in [2.45, 2.75) is 34.7 Å². The SMILES string of the molecule is COc1cc([C@H]2C3=CC[C@@H]4C(=O)N(N(C)c5nc(C(F)(F)F)ccc5Cl)C(=O)[C@@H]4[C@@H]3C[C@@]3(Cl)C(=O)N(CBr)C(=O)[C@@]23Cl)cc(OC)c1O. The van der Waals surface area contributed by atoms with Gasteiger partial charge in [-0.05, 0) is 48.6 Å². The van der Waals surface area contributed by atoms with E-state index in [1.165, 1.54) is 33.4 Å². The fourth-order valence-corrected chi connectivity index (χ4v) is 9.05. The molecule has 3 fully saturated rings. The van der Waals surface area contributed by atoms with Gasteiger partial charge in [0.15, 0.2) is 27.1 Å². The molecule has 256 valence electrons. The van der Waals surface area contributed by atoms with E-state index in [9.17, 15) is 37.5 Å². The van der Waals surface area contributed by atoms with Gasteiger partial charge in [0, 0.05) is 13.0 Å². The molecule has 2 aliphatic heterocycles. The average molecular weight is 797 g/mol. The zero-order valence-electron chi connectivity index (χ0n) is 25.1. The van der Waals surface area contributed by atoms with Crippen molar-refractivity contribution in [2.75, 3.05) is 31.7 Å². The number of nitrogens with zero attached hydrogens (tertiary/aromatic N) is 4. The maximum absolute atomic E-state index is 14.3. The average Bonchev–Trinajstić information content (AvgIpc) is 3.38. The third-order valence-corrected chi connectivity index (χ3v) is 11.8. The van der Waals surface area contributed by atoms with E-state index in [1.54, 1.807) is 6.08 Å². The number of fused-ring (bicyclic) bond motifs is 4. The lowest BCUT2D eigenvalue weighted by Crippen LogP contribution is -2.60. The van der Waals surface area contributed by atoms with Crippen LogP contribution in [0.4, 0.5) is 19.0 Å². The van der Waals surface area contributed by atoms with Gasteiger partial charge in [0.1, 0.15) is 5.69 Å². The molecule has 6 atom stereocenters. The second kappa shape index (κ2) is 11.7. The molecule has 0 radical (unpaired) electrons. The molecule has 1 aromatic carbocycles. The number of phenolic OH excluding ortho intramolecular Hbond substituents is 1. The van der Waals surface area contributed by atoms with Crippen LogP contribution in [-0.2, 0) is 25.4 Å². The van der Waals surface area contributed by atoms with Crippen molar-refractivity contribution in [3.63, 3.8) is 0 Å². The van der Waals surface area contributed by atoms with Gasteiger partial charge in [-0.15, -0.1) is 23.2 Å². The topological polar surface area (TPSA) is 130 Å². The van der Waals surface area contributed by atoms with Gasteiger partial charge in [-0.25, -0.2) is 4.98 Å². The Balaban J connectivity index is 1.49. The number of methoxy groups -OCH3 is 2. The Morgan fingerprint density at radius 3 is 2.25 bits per heavy atom. The number of imide groups is 2. The predicted octanol–water partition coefficient (Wildman–Crippen LogP) is 5.24. The van der Waals surface area contributed by atoms with E-state index in [0.717, 1.165) is 16.0 Å². The number of hydrazine groups is 1. The van der Waals surface area contributed by atoms with Crippen LogP contribution in [0.25, 0.3) is 0 Å². The molecule has 6 rings (SSSR count). The van der Waals surface area contributed by atoms with Crippen molar-refractivity contribution in [1.29, 1.82) is 0 Å². The number of hydrogen-bond donors (Lipinski definition) is 1. The number of hydrogen-bond acceptors (Lipinski definition) is 9. The largest absolute Gasteiger partial charge is 0.502 e. The van der Waals surface area contributed by atoms with Gasteiger partial charge in [-0.3, -0.25) is 29.1 Å². The highest BCUT2D eigenvalue weighted by atomic mass is 79.9. The van der Waals surface area contributed by atoms with Crippen LogP contribution in [0.15, 0.2) is 35.9 Å². The number of likely N-dealkylation sites (tertiary alicyclic amines) is 1. The molecule has 1 saturated carbocycles. The number of halogens is 7. The number of pyridine rings is 1. The highest BCUT2D eigenvalue weighted by Gasteiger charge is 2.76. The minimum absolute atomic E-state index is 0.0232. The number of carbonyl (C=O) groups is 4. The highest BCUT2D eigenvalue weighted by molar-refractivity contribution is 9.09. The van der Waals surface area contributed by atoms with Gasteiger partial charge < -0.3 is 14.6 Å². The quantitative estimate of drug-likeness (QED) is 0.181. The van der Waals surface area contributed by atoms with Crippen molar-refractivity contribution in [1.82, 2.24) is 14.9 Å². The van der Waals surface area contributed by atoms with Crippen LogP contribution in [0.1, 0.15) is 30.0 Å². The number of carbonyl (C=O) groups excluding carboxylic acids is 4. The van der Waals surface area contributed by atoms with Crippen LogP contribution in [0.3, 0.4) is 0 Å². The van der Waals surface area contributed by atoms with Gasteiger partial charge in [0.25, 0.3) is 23.6 Å². The maximum atomic E-state index is 14.3. The van der Waals surface area contributed by atoms with E-state index >= 15 is 0 Å². The molecule has 1 N–H and O–H groups in total. The van der Waals surface area contributed by atoms with E-state index in [-0.39, 0.29) is 46.1 Å². The Morgan fingerprint density at radius 1 is 1.06 bits per heavy atom. The zero-order valence-corrected chi connectivity index (χ0v) is 29.0. The molecule has 0 spiro atoms. The molecule has 0 unspecified atom stereocenters. The third kappa shape index (κ3) is 4.63. The van der Waals surface area contributed by atoms with Gasteiger partial charge in [0.05, 0.1) is 36.5 Å². The van der Waals surface area contributed by atoms with Gasteiger partial charge in [0.2, 0.25) is 5.75 Å². The van der Waals surface area contributed by atoms with Crippen LogP contribution in [0, 0.1) is 17.8 Å². The molecule has 2 saturated heterocycles. The van der Waals surface area contributed by atoms with Crippen LogP contribution in [0.5, 0.6) is 17.2 Å². The number of allylic oxidation sites excluding steroid dienone is 2. The number of rotatable bonds is 6. The lowest BCUT2D eigenvalue weighted by Gasteiger charge is -2.50. The molecule has 2 aromatic rings. The summed E-state index contributed by atoms with van der Waals surface area (Å²) in [6.07, 6.45) is -3.52. The maximum Gasteiger partial charge on any atom is 0.433 e. The Kier molecular flexibility index (Phi) is 8.41. The lowest BCUT2D eigenvalue weighted by atomic mass is 9.56. The number of anilines is 1. The zero-order chi connectivity index (χ0) is 35.2. The molecule has 48 heavy (non-hydrogen) atoms. The minimum Gasteiger partial charge on any atom is -0.502 e. The number of alkyl halides is 6. The van der Waals surface area contributed by atoms with Crippen molar-refractivity contribution in [3.8, 4) is 17.2 Å². The van der Waals surface area contributed by atoms with E-state index in [2.05, 4.69) is 20.9 Å². The smallest absolute Gasteiger partial charge is 0.433 e. The van der Waals surface area contributed by atoms with E-state index in [1.807, 2.05) is 0 Å². The highest BCUT2D eigenvalue weighted by Crippen LogP contribution is 2.66. The van der Waals surface area contributed by atoms with Crippen molar-refractivity contribution >= 4 is 80.2 Å². The van der Waals surface area contributed by atoms with Crippen LogP contribution in [-0.4, -0.2) is 80.1 Å². The molecule has 4 aliphatic rings. The fraction of sp³-hybridized carbons (Fsp3) is 0.433. The lowest BCUT2D eigenvalue weighted by molar-refractivity contribution is -0.142. The summed E-state index contributed by atoms with van der Waals surface area (Å²) < 4.78 is 51.2. The summed E-state index contributed by atoms with van der Waals surface area (Å²) in [5.41, 5.74) is -0.832. The van der Waals surface area contributed by atoms with Gasteiger partial charge >= 0.3 is 6.18 Å². The first-order chi connectivity index (χ1) is 22.5. The molecule has 1 aromatic heterocycles. The first-order valence-electron chi connectivity index (χ1n) is 14.3. The standard InChI is InChI=1S/C30H25BrCl3F3N4O7/c1-39(23-16(32)6-7-19(38-23)30(35,36)37)41-24(43)14-5-4-13-15(20(14)25(41)44)10-28(33)26(45)40(11-31)27(46)29(28,34)21(13)12-8-17(47-2)22(42)18(9-12)48-3/h4,6-9,14-15,20-21,42H,5,10-11H2,1-3H3/t14-,15+,20-,21-,28+,29-/m0/s1. The minimum atomic E-state index is -4.83.